The van der Waals surface area contributed by atoms with E-state index in [1.54, 1.807) is 31.2 Å². The number of benzene rings is 1. The molecule has 0 aromatic heterocycles. The average molecular weight is 265 g/mol. The van der Waals surface area contributed by atoms with Gasteiger partial charge in [0, 0.05) is 5.69 Å². The van der Waals surface area contributed by atoms with Gasteiger partial charge in [-0.25, -0.2) is 9.59 Å². The van der Waals surface area contributed by atoms with E-state index in [4.69, 9.17) is 14.6 Å². The summed E-state index contributed by atoms with van der Waals surface area (Å²) in [4.78, 5) is 24.6. The lowest BCUT2D eigenvalue weighted by Gasteiger charge is -2.13. The number of cyclic esters (lactones) is 1. The summed E-state index contributed by atoms with van der Waals surface area (Å²) in [7, 11) is 0. The van der Waals surface area contributed by atoms with Crippen LogP contribution in [0, 0.1) is 0 Å². The lowest BCUT2D eigenvalue weighted by molar-refractivity contribution is 0.0526. The molecule has 1 heterocycles. The van der Waals surface area contributed by atoms with Gasteiger partial charge in [0.1, 0.15) is 6.10 Å². The lowest BCUT2D eigenvalue weighted by Crippen LogP contribution is -2.25. The number of aliphatic hydroxyl groups is 1. The maximum absolute atomic E-state index is 11.6. The van der Waals surface area contributed by atoms with Crippen LogP contribution in [0.25, 0.3) is 0 Å². The van der Waals surface area contributed by atoms with Crippen molar-refractivity contribution in [2.45, 2.75) is 13.0 Å². The lowest BCUT2D eigenvalue weighted by atomic mass is 10.2. The second kappa shape index (κ2) is 5.71. The normalized spacial score (nSPS) is 18.3. The molecule has 0 radical (unpaired) electrons. The third-order valence-electron chi connectivity index (χ3n) is 2.75. The minimum atomic E-state index is -0.529. The van der Waals surface area contributed by atoms with Crippen LogP contribution in [0.2, 0.25) is 0 Å². The van der Waals surface area contributed by atoms with Crippen LogP contribution in [0.1, 0.15) is 17.3 Å². The summed E-state index contributed by atoms with van der Waals surface area (Å²) >= 11 is 0. The van der Waals surface area contributed by atoms with Crippen molar-refractivity contribution in [3.63, 3.8) is 0 Å². The number of esters is 1. The van der Waals surface area contributed by atoms with Crippen LogP contribution in [0.15, 0.2) is 24.3 Å². The predicted octanol–water partition coefficient (Wildman–Crippen LogP) is 1.18. The summed E-state index contributed by atoms with van der Waals surface area (Å²) in [5.74, 6) is -0.435. The Hall–Kier alpha value is -2.08. The maximum Gasteiger partial charge on any atom is 0.414 e. The Bertz CT molecular complexity index is 488. The van der Waals surface area contributed by atoms with Crippen molar-refractivity contribution in [1.82, 2.24) is 0 Å². The number of carbonyl (C=O) groups is 2. The van der Waals surface area contributed by atoms with Gasteiger partial charge in [0.05, 0.1) is 25.3 Å². The Labute approximate surface area is 110 Å². The number of anilines is 1. The molecule has 1 aliphatic rings. The molecule has 1 amide bonds. The van der Waals surface area contributed by atoms with Gasteiger partial charge < -0.3 is 14.6 Å². The highest BCUT2D eigenvalue weighted by molar-refractivity contribution is 5.94. The average Bonchev–Trinajstić information content (AvgIpc) is 2.80. The van der Waals surface area contributed by atoms with Gasteiger partial charge in [-0.2, -0.15) is 0 Å². The maximum atomic E-state index is 11.6. The first kappa shape index (κ1) is 13.4. The van der Waals surface area contributed by atoms with Crippen molar-refractivity contribution in [2.75, 3.05) is 24.7 Å². The summed E-state index contributed by atoms with van der Waals surface area (Å²) in [6.07, 6.45) is -1.06. The molecule has 0 aliphatic carbocycles. The largest absolute Gasteiger partial charge is 0.462 e. The molecule has 1 aromatic carbocycles. The van der Waals surface area contributed by atoms with Crippen molar-refractivity contribution in [3.05, 3.63) is 29.8 Å². The van der Waals surface area contributed by atoms with Crippen LogP contribution in [0.3, 0.4) is 0 Å². The van der Waals surface area contributed by atoms with E-state index in [0.29, 0.717) is 17.9 Å². The van der Waals surface area contributed by atoms with Gasteiger partial charge in [-0.1, -0.05) is 6.07 Å². The monoisotopic (exact) mass is 265 g/mol. The molecule has 2 rings (SSSR count). The van der Waals surface area contributed by atoms with Crippen LogP contribution >= 0.6 is 0 Å². The number of nitrogens with zero attached hydrogens (tertiary/aromatic N) is 1. The Kier molecular flexibility index (Phi) is 4.01. The van der Waals surface area contributed by atoms with Gasteiger partial charge in [-0.05, 0) is 25.1 Å². The predicted molar refractivity (Wildman–Crippen MR) is 67.1 cm³/mol. The van der Waals surface area contributed by atoms with Crippen LogP contribution in [-0.4, -0.2) is 43.0 Å². The smallest absolute Gasteiger partial charge is 0.414 e. The molecule has 0 bridgehead atoms. The van der Waals surface area contributed by atoms with Gasteiger partial charge in [0.15, 0.2) is 0 Å². The zero-order valence-electron chi connectivity index (χ0n) is 10.5. The molecule has 0 unspecified atom stereocenters. The van der Waals surface area contributed by atoms with Gasteiger partial charge in [-0.15, -0.1) is 0 Å². The third-order valence-corrected chi connectivity index (χ3v) is 2.75. The second-order valence-electron chi connectivity index (χ2n) is 4.07. The highest BCUT2D eigenvalue weighted by Gasteiger charge is 2.32. The first-order valence-electron chi connectivity index (χ1n) is 6.02. The molecular formula is C13H15NO5. The number of amides is 1. The van der Waals surface area contributed by atoms with E-state index in [0.717, 1.165) is 0 Å². The topological polar surface area (TPSA) is 76.1 Å². The molecule has 19 heavy (non-hydrogen) atoms. The Balaban J connectivity index is 2.19. The van der Waals surface area contributed by atoms with E-state index in [1.807, 2.05) is 0 Å². The fraction of sp³-hybridized carbons (Fsp3) is 0.385. The first-order valence-corrected chi connectivity index (χ1v) is 6.02. The number of rotatable bonds is 4. The van der Waals surface area contributed by atoms with Gasteiger partial charge in [-0.3, -0.25) is 4.90 Å². The zero-order chi connectivity index (χ0) is 13.8. The number of carbonyl (C=O) groups excluding carboxylic acids is 2. The third kappa shape index (κ3) is 2.85. The SMILES string of the molecule is CCOC(=O)c1cccc(N2C[C@H](CO)OC2=O)c1. The summed E-state index contributed by atoms with van der Waals surface area (Å²) in [5.41, 5.74) is 0.922. The van der Waals surface area contributed by atoms with Gasteiger partial charge in [0.25, 0.3) is 0 Å². The fourth-order valence-corrected chi connectivity index (χ4v) is 1.84. The Morgan fingerprint density at radius 3 is 3.00 bits per heavy atom. The van der Waals surface area contributed by atoms with Crippen LogP contribution in [0.4, 0.5) is 10.5 Å². The molecule has 1 aromatic rings. The van der Waals surface area contributed by atoms with Crippen molar-refractivity contribution in [2.24, 2.45) is 0 Å². The van der Waals surface area contributed by atoms with Crippen molar-refractivity contribution < 1.29 is 24.2 Å². The van der Waals surface area contributed by atoms with Gasteiger partial charge >= 0.3 is 12.1 Å². The Morgan fingerprint density at radius 1 is 1.58 bits per heavy atom. The molecule has 1 N–H and O–H groups in total. The van der Waals surface area contributed by atoms with Crippen LogP contribution < -0.4 is 4.90 Å². The summed E-state index contributed by atoms with van der Waals surface area (Å²) in [6.45, 7) is 2.06. The first-order chi connectivity index (χ1) is 9.15. The highest BCUT2D eigenvalue weighted by Crippen LogP contribution is 2.22. The van der Waals surface area contributed by atoms with E-state index in [1.165, 1.54) is 4.90 Å². The summed E-state index contributed by atoms with van der Waals surface area (Å²) in [5, 5.41) is 8.98. The number of hydrogen-bond donors (Lipinski definition) is 1. The van der Waals surface area contributed by atoms with Crippen LogP contribution in [0.5, 0.6) is 0 Å². The van der Waals surface area contributed by atoms with E-state index in [2.05, 4.69) is 0 Å². The van der Waals surface area contributed by atoms with Crippen molar-refractivity contribution in [1.29, 1.82) is 0 Å². The second-order valence-corrected chi connectivity index (χ2v) is 4.07. The van der Waals surface area contributed by atoms with Gasteiger partial charge in [0.2, 0.25) is 0 Å². The van der Waals surface area contributed by atoms with E-state index < -0.39 is 18.2 Å². The number of aliphatic hydroxyl groups excluding tert-OH is 1. The standard InChI is InChI=1S/C13H15NO5/c1-2-18-12(16)9-4-3-5-10(6-9)14-7-11(8-15)19-13(14)17/h3-6,11,15H,2,7-8H2,1H3/t11-/m1/s1. The summed E-state index contributed by atoms with van der Waals surface area (Å²) in [6, 6.07) is 6.55. The molecule has 1 saturated heterocycles. The zero-order valence-corrected chi connectivity index (χ0v) is 10.5. The summed E-state index contributed by atoms with van der Waals surface area (Å²) < 4.78 is 9.85. The molecule has 6 heteroatoms. The number of ether oxygens (including phenoxy) is 2. The fourth-order valence-electron chi connectivity index (χ4n) is 1.84. The molecule has 6 nitrogen and oxygen atoms in total. The molecule has 0 spiro atoms. The van der Waals surface area contributed by atoms with Crippen molar-refractivity contribution >= 4 is 17.7 Å². The van der Waals surface area contributed by atoms with Crippen molar-refractivity contribution in [3.8, 4) is 0 Å². The van der Waals surface area contributed by atoms with E-state index in [-0.39, 0.29) is 13.2 Å². The van der Waals surface area contributed by atoms with Crippen LogP contribution in [-0.2, 0) is 9.47 Å². The molecular weight excluding hydrogens is 250 g/mol. The molecule has 1 atom stereocenters. The van der Waals surface area contributed by atoms with E-state index >= 15 is 0 Å². The quantitative estimate of drug-likeness (QED) is 0.827. The van der Waals surface area contributed by atoms with E-state index in [9.17, 15) is 9.59 Å². The number of hydrogen-bond acceptors (Lipinski definition) is 5. The molecule has 1 aliphatic heterocycles. The Morgan fingerprint density at radius 2 is 2.37 bits per heavy atom. The highest BCUT2D eigenvalue weighted by atomic mass is 16.6. The molecule has 102 valence electrons. The molecule has 0 saturated carbocycles. The minimum Gasteiger partial charge on any atom is -0.462 e. The minimum absolute atomic E-state index is 0.222. The molecule has 1 fully saturated rings.